The Kier molecular flexibility index (Phi) is 2.88. The molecule has 2 heterocycles. The predicted molar refractivity (Wildman–Crippen MR) is 65.2 cm³/mol. The number of rotatable bonds is 4. The molecule has 0 unspecified atom stereocenters. The number of sulfonamides is 1. The van der Waals surface area contributed by atoms with Crippen LogP contribution in [0.5, 0.6) is 0 Å². The van der Waals surface area contributed by atoms with E-state index in [9.17, 15) is 8.42 Å². The first-order valence-corrected chi connectivity index (χ1v) is 7.14. The second kappa shape index (κ2) is 3.97. The maximum Gasteiger partial charge on any atom is 0.211 e. The van der Waals surface area contributed by atoms with Gasteiger partial charge >= 0.3 is 0 Å². The van der Waals surface area contributed by atoms with Crippen LogP contribution in [0.25, 0.3) is 0 Å². The fourth-order valence-corrected chi connectivity index (χ4v) is 2.87. The first-order valence-electron chi connectivity index (χ1n) is 5.29. The Hall–Kier alpha value is -1.12. The van der Waals surface area contributed by atoms with Crippen molar-refractivity contribution in [1.29, 1.82) is 0 Å². The summed E-state index contributed by atoms with van der Waals surface area (Å²) in [6, 6.07) is 0. The molecule has 0 spiro atoms. The molecule has 0 amide bonds. The molecule has 96 valence electrons. The molecule has 0 atom stereocenters. The molecular formula is C9H17N5O2S. The monoisotopic (exact) mass is 259 g/mol. The summed E-state index contributed by atoms with van der Waals surface area (Å²) in [6.07, 6.45) is 4.74. The molecule has 0 aliphatic carbocycles. The van der Waals surface area contributed by atoms with Crippen LogP contribution in [0.2, 0.25) is 0 Å². The highest BCUT2D eigenvalue weighted by molar-refractivity contribution is 7.88. The van der Waals surface area contributed by atoms with Gasteiger partial charge in [0, 0.05) is 32.9 Å². The summed E-state index contributed by atoms with van der Waals surface area (Å²) in [4.78, 5) is 0. The van der Waals surface area contributed by atoms with Gasteiger partial charge in [0.15, 0.2) is 0 Å². The van der Waals surface area contributed by atoms with Crippen molar-refractivity contribution < 1.29 is 8.42 Å². The van der Waals surface area contributed by atoms with Crippen molar-refractivity contribution in [3.05, 3.63) is 12.4 Å². The molecule has 8 heteroatoms. The minimum absolute atomic E-state index is 0.365. The third kappa shape index (κ3) is 2.03. The van der Waals surface area contributed by atoms with Crippen LogP contribution in [-0.2, 0) is 15.6 Å². The zero-order valence-electron chi connectivity index (χ0n) is 9.92. The van der Waals surface area contributed by atoms with Crippen molar-refractivity contribution in [2.24, 2.45) is 5.73 Å². The van der Waals surface area contributed by atoms with Crippen molar-refractivity contribution in [2.75, 3.05) is 38.3 Å². The molecular weight excluding hydrogens is 242 g/mol. The smallest absolute Gasteiger partial charge is 0.211 e. The van der Waals surface area contributed by atoms with Gasteiger partial charge in [-0.25, -0.2) is 8.42 Å². The second-order valence-electron chi connectivity index (χ2n) is 4.38. The molecule has 1 saturated heterocycles. The normalized spacial score (nSPS) is 19.9. The minimum Gasteiger partial charge on any atom is -0.386 e. The number of nitrogens with zero attached hydrogens (tertiary/aromatic N) is 3. The fraction of sp³-hybridized carbons (Fsp3) is 0.667. The van der Waals surface area contributed by atoms with Gasteiger partial charge in [0.05, 0.1) is 18.1 Å². The van der Waals surface area contributed by atoms with Gasteiger partial charge in [0.1, 0.15) is 5.54 Å². The van der Waals surface area contributed by atoms with Crippen molar-refractivity contribution in [3.8, 4) is 0 Å². The van der Waals surface area contributed by atoms with Crippen molar-refractivity contribution in [3.63, 3.8) is 0 Å². The number of hydrogen-bond acceptors (Lipinski definition) is 5. The molecule has 1 aliphatic heterocycles. The van der Waals surface area contributed by atoms with Crippen molar-refractivity contribution >= 4 is 15.7 Å². The fourth-order valence-electron chi connectivity index (χ4n) is 1.92. The Balaban J connectivity index is 2.19. The van der Waals surface area contributed by atoms with E-state index in [1.165, 1.54) is 10.6 Å². The Morgan fingerprint density at radius 1 is 1.59 bits per heavy atom. The Morgan fingerprint density at radius 3 is 2.65 bits per heavy atom. The Morgan fingerprint density at radius 2 is 2.24 bits per heavy atom. The first kappa shape index (κ1) is 12.3. The third-order valence-electron chi connectivity index (χ3n) is 3.15. The molecule has 7 nitrogen and oxygen atoms in total. The lowest BCUT2D eigenvalue weighted by Gasteiger charge is -2.47. The van der Waals surface area contributed by atoms with E-state index in [1.54, 1.807) is 17.9 Å². The summed E-state index contributed by atoms with van der Waals surface area (Å²) >= 11 is 0. The predicted octanol–water partition coefficient (Wildman–Crippen LogP) is -1.15. The number of aromatic nitrogens is 2. The third-order valence-corrected chi connectivity index (χ3v) is 4.34. The van der Waals surface area contributed by atoms with Crippen LogP contribution >= 0.6 is 0 Å². The van der Waals surface area contributed by atoms with Gasteiger partial charge in [-0.05, 0) is 0 Å². The van der Waals surface area contributed by atoms with Gasteiger partial charge in [-0.2, -0.15) is 9.40 Å². The average Bonchev–Trinajstić information content (AvgIpc) is 2.64. The van der Waals surface area contributed by atoms with E-state index in [0.717, 1.165) is 5.69 Å². The summed E-state index contributed by atoms with van der Waals surface area (Å²) in [7, 11) is -1.33. The van der Waals surface area contributed by atoms with Gasteiger partial charge in [-0.3, -0.25) is 4.68 Å². The van der Waals surface area contributed by atoms with Gasteiger partial charge in [0.25, 0.3) is 0 Å². The lowest BCUT2D eigenvalue weighted by Crippen LogP contribution is -2.67. The van der Waals surface area contributed by atoms with Gasteiger partial charge in [-0.1, -0.05) is 0 Å². The average molecular weight is 259 g/mol. The Labute approximate surface area is 101 Å². The van der Waals surface area contributed by atoms with E-state index in [-0.39, 0.29) is 0 Å². The molecule has 3 N–H and O–H groups in total. The molecule has 17 heavy (non-hydrogen) atoms. The number of anilines is 1. The van der Waals surface area contributed by atoms with Gasteiger partial charge in [0.2, 0.25) is 10.0 Å². The van der Waals surface area contributed by atoms with E-state index < -0.39 is 15.6 Å². The van der Waals surface area contributed by atoms with Crippen LogP contribution in [-0.4, -0.2) is 55.4 Å². The maximum atomic E-state index is 11.4. The van der Waals surface area contributed by atoms with Crippen LogP contribution in [0.15, 0.2) is 12.4 Å². The minimum atomic E-state index is -3.13. The second-order valence-corrected chi connectivity index (χ2v) is 6.37. The van der Waals surface area contributed by atoms with Crippen molar-refractivity contribution in [1.82, 2.24) is 14.1 Å². The summed E-state index contributed by atoms with van der Waals surface area (Å²) in [6.45, 7) is 1.13. The van der Waals surface area contributed by atoms with E-state index in [0.29, 0.717) is 19.6 Å². The van der Waals surface area contributed by atoms with Gasteiger partial charge < -0.3 is 11.1 Å². The zero-order valence-corrected chi connectivity index (χ0v) is 10.7. The lowest BCUT2D eigenvalue weighted by atomic mass is 9.93. The number of nitrogens with one attached hydrogen (secondary N) is 1. The molecule has 1 aliphatic rings. The molecule has 1 fully saturated rings. The van der Waals surface area contributed by atoms with E-state index >= 15 is 0 Å². The molecule has 0 radical (unpaired) electrons. The maximum absolute atomic E-state index is 11.4. The van der Waals surface area contributed by atoms with Crippen LogP contribution in [0.1, 0.15) is 0 Å². The summed E-state index contributed by atoms with van der Waals surface area (Å²) in [5.74, 6) is 0. The molecule has 1 aromatic rings. The molecule has 0 bridgehead atoms. The highest BCUT2D eigenvalue weighted by Gasteiger charge is 2.48. The van der Waals surface area contributed by atoms with E-state index in [1.807, 2.05) is 6.20 Å². The van der Waals surface area contributed by atoms with Gasteiger partial charge in [-0.15, -0.1) is 0 Å². The van der Waals surface area contributed by atoms with Crippen LogP contribution in [0, 0.1) is 0 Å². The quantitative estimate of drug-likeness (QED) is 0.712. The van der Waals surface area contributed by atoms with Crippen LogP contribution in [0.4, 0.5) is 5.69 Å². The number of hydrogen-bond donors (Lipinski definition) is 2. The first-order chi connectivity index (χ1) is 7.91. The van der Waals surface area contributed by atoms with E-state index in [4.69, 9.17) is 5.73 Å². The molecule has 2 rings (SSSR count). The standard InChI is InChI=1S/C9H17N5O2S/c1-11-8-3-12-14(4-8)9(5-10)6-13(7-9)17(2,15)16/h3-4,11H,5-7,10H2,1-2H3. The topological polar surface area (TPSA) is 93.2 Å². The highest BCUT2D eigenvalue weighted by atomic mass is 32.2. The molecule has 1 aromatic heterocycles. The lowest BCUT2D eigenvalue weighted by molar-refractivity contribution is 0.0764. The van der Waals surface area contributed by atoms with Crippen LogP contribution < -0.4 is 11.1 Å². The Bertz CT molecular complexity index is 503. The van der Waals surface area contributed by atoms with Crippen LogP contribution in [0.3, 0.4) is 0 Å². The summed E-state index contributed by atoms with van der Waals surface area (Å²) in [5.41, 5.74) is 6.23. The zero-order chi connectivity index (χ0) is 12.7. The molecule has 0 aromatic carbocycles. The van der Waals surface area contributed by atoms with E-state index in [2.05, 4.69) is 10.4 Å². The largest absolute Gasteiger partial charge is 0.386 e. The SMILES string of the molecule is CNc1cnn(C2(CN)CN(S(C)(=O)=O)C2)c1. The highest BCUT2D eigenvalue weighted by Crippen LogP contribution is 2.30. The summed E-state index contributed by atoms with van der Waals surface area (Å²) < 4.78 is 25.9. The molecule has 0 saturated carbocycles. The van der Waals surface area contributed by atoms with Crippen molar-refractivity contribution in [2.45, 2.75) is 5.54 Å². The summed E-state index contributed by atoms with van der Waals surface area (Å²) in [5, 5.41) is 7.20. The number of nitrogens with two attached hydrogens (primary N) is 1.